The van der Waals surface area contributed by atoms with E-state index in [2.05, 4.69) is 28.4 Å². The Balaban J connectivity index is 1.75. The van der Waals surface area contributed by atoms with E-state index in [-0.39, 0.29) is 17.8 Å². The number of aromatic nitrogens is 3. The van der Waals surface area contributed by atoms with E-state index in [4.69, 9.17) is 11.6 Å². The number of nitrogens with zero attached hydrogens (tertiary/aromatic N) is 3. The molecule has 0 saturated heterocycles. The summed E-state index contributed by atoms with van der Waals surface area (Å²) in [4.78, 5) is 17.5. The van der Waals surface area contributed by atoms with Crippen molar-refractivity contribution in [1.29, 1.82) is 0 Å². The molecule has 3 aromatic rings. The molecule has 1 aromatic heterocycles. The van der Waals surface area contributed by atoms with Gasteiger partial charge in [-0.1, -0.05) is 60.7 Å². The zero-order valence-corrected chi connectivity index (χ0v) is 17.5. The minimum atomic E-state index is -0.219. The summed E-state index contributed by atoms with van der Waals surface area (Å²) in [5.41, 5.74) is 3.96. The minimum absolute atomic E-state index is 0.186. The van der Waals surface area contributed by atoms with Gasteiger partial charge in [0.1, 0.15) is 0 Å². The van der Waals surface area contributed by atoms with Crippen LogP contribution in [0, 0.1) is 13.8 Å². The fourth-order valence-electron chi connectivity index (χ4n) is 3.93. The first-order valence-electron chi connectivity index (χ1n) is 10.1. The normalized spacial score (nSPS) is 14.7. The van der Waals surface area contributed by atoms with Crippen LogP contribution in [-0.2, 0) is 0 Å². The van der Waals surface area contributed by atoms with Gasteiger partial charge in [0.05, 0.1) is 5.69 Å². The van der Waals surface area contributed by atoms with E-state index in [9.17, 15) is 4.79 Å². The van der Waals surface area contributed by atoms with E-state index in [0.29, 0.717) is 10.8 Å². The van der Waals surface area contributed by atoms with E-state index < -0.39 is 0 Å². The van der Waals surface area contributed by atoms with Crippen LogP contribution in [0.5, 0.6) is 0 Å². The van der Waals surface area contributed by atoms with Crippen molar-refractivity contribution in [2.24, 2.45) is 0 Å². The van der Waals surface area contributed by atoms with Crippen molar-refractivity contribution in [3.63, 3.8) is 0 Å². The number of halogens is 1. The third-order valence-corrected chi connectivity index (χ3v) is 5.65. The number of benzene rings is 2. The van der Waals surface area contributed by atoms with E-state index in [1.807, 2.05) is 43.3 Å². The average Bonchev–Trinajstić information content (AvgIpc) is 3.14. The van der Waals surface area contributed by atoms with Crippen LogP contribution in [0.4, 0.5) is 0 Å². The Bertz CT molecular complexity index is 1040. The fraction of sp³-hybridized carbons (Fsp3) is 0.348. The van der Waals surface area contributed by atoms with Crippen molar-refractivity contribution in [2.45, 2.75) is 52.0 Å². The molecule has 5 nitrogen and oxygen atoms in total. The van der Waals surface area contributed by atoms with Gasteiger partial charge in [-0.05, 0) is 50.5 Å². The summed E-state index contributed by atoms with van der Waals surface area (Å²) in [5, 5.41) is 8.32. The van der Waals surface area contributed by atoms with Gasteiger partial charge in [0.2, 0.25) is 5.82 Å². The molecule has 150 valence electrons. The van der Waals surface area contributed by atoms with Crippen LogP contribution in [0.3, 0.4) is 0 Å². The predicted molar refractivity (Wildman–Crippen MR) is 116 cm³/mol. The number of hydrogen-bond donors (Lipinski definition) is 1. The Labute approximate surface area is 176 Å². The van der Waals surface area contributed by atoms with Crippen molar-refractivity contribution >= 4 is 17.5 Å². The van der Waals surface area contributed by atoms with Crippen LogP contribution < -0.4 is 5.32 Å². The Morgan fingerprint density at radius 1 is 1.10 bits per heavy atom. The molecule has 1 aliphatic carbocycles. The number of hydrogen-bond acceptors (Lipinski definition) is 3. The lowest BCUT2D eigenvalue weighted by molar-refractivity contribution is 0.0917. The zero-order valence-electron chi connectivity index (χ0n) is 16.8. The molecule has 29 heavy (non-hydrogen) atoms. The van der Waals surface area contributed by atoms with Crippen LogP contribution in [0.1, 0.15) is 53.8 Å². The Morgan fingerprint density at radius 2 is 1.90 bits per heavy atom. The molecule has 1 amide bonds. The number of amides is 1. The molecule has 1 fully saturated rings. The van der Waals surface area contributed by atoms with Gasteiger partial charge in [0, 0.05) is 16.6 Å². The van der Waals surface area contributed by atoms with Crippen LogP contribution in [0.2, 0.25) is 5.02 Å². The quantitative estimate of drug-likeness (QED) is 0.639. The van der Waals surface area contributed by atoms with Gasteiger partial charge in [0.25, 0.3) is 5.91 Å². The maximum Gasteiger partial charge on any atom is 0.291 e. The highest BCUT2D eigenvalue weighted by molar-refractivity contribution is 6.30. The minimum Gasteiger partial charge on any atom is -0.347 e. The van der Waals surface area contributed by atoms with Gasteiger partial charge < -0.3 is 5.32 Å². The molecular formula is C23H25ClN4O. The summed E-state index contributed by atoms with van der Waals surface area (Å²) in [6.07, 6.45) is 5.59. The third kappa shape index (κ3) is 4.35. The molecule has 4 rings (SSSR count). The number of aryl methyl sites for hydroxylation is 2. The molecule has 6 heteroatoms. The summed E-state index contributed by atoms with van der Waals surface area (Å²) in [5.74, 6) is 0.572. The SMILES string of the molecule is Cc1ccc(-n2nc(C(=O)NC3CCCCC3)nc2-c2cccc(Cl)c2)c(C)c1. The van der Waals surface area contributed by atoms with Crippen molar-refractivity contribution in [2.75, 3.05) is 0 Å². The van der Waals surface area contributed by atoms with E-state index in [1.165, 1.54) is 12.0 Å². The summed E-state index contributed by atoms with van der Waals surface area (Å²) >= 11 is 6.21. The first kappa shape index (κ1) is 19.6. The van der Waals surface area contributed by atoms with Gasteiger partial charge in [0.15, 0.2) is 5.82 Å². The maximum atomic E-state index is 12.9. The largest absolute Gasteiger partial charge is 0.347 e. The van der Waals surface area contributed by atoms with Crippen LogP contribution in [0.15, 0.2) is 42.5 Å². The van der Waals surface area contributed by atoms with Crippen LogP contribution in [-0.4, -0.2) is 26.7 Å². The maximum absolute atomic E-state index is 12.9. The molecule has 1 saturated carbocycles. The summed E-state index contributed by atoms with van der Waals surface area (Å²) in [7, 11) is 0. The number of rotatable bonds is 4. The number of carbonyl (C=O) groups is 1. The molecule has 0 unspecified atom stereocenters. The lowest BCUT2D eigenvalue weighted by Gasteiger charge is -2.21. The highest BCUT2D eigenvalue weighted by Gasteiger charge is 2.23. The van der Waals surface area contributed by atoms with Gasteiger partial charge in [-0.3, -0.25) is 4.79 Å². The summed E-state index contributed by atoms with van der Waals surface area (Å²) in [6, 6.07) is 13.8. The second kappa shape index (κ2) is 8.37. The first-order chi connectivity index (χ1) is 14.0. The highest BCUT2D eigenvalue weighted by atomic mass is 35.5. The standard InChI is InChI=1S/C23H25ClN4O/c1-15-11-12-20(16(2)13-15)28-22(17-7-6-8-18(24)14-17)26-21(27-28)23(29)25-19-9-4-3-5-10-19/h6-8,11-14,19H,3-5,9-10H2,1-2H3,(H,25,29). The molecule has 0 aliphatic heterocycles. The first-order valence-corrected chi connectivity index (χ1v) is 10.5. The van der Waals surface area contributed by atoms with E-state index >= 15 is 0 Å². The fourth-order valence-corrected chi connectivity index (χ4v) is 4.12. The molecular weight excluding hydrogens is 384 g/mol. The lowest BCUT2D eigenvalue weighted by atomic mass is 9.95. The molecule has 0 bridgehead atoms. The van der Waals surface area contributed by atoms with Crippen LogP contribution >= 0.6 is 11.6 Å². The average molecular weight is 409 g/mol. The van der Waals surface area contributed by atoms with E-state index in [0.717, 1.165) is 42.5 Å². The predicted octanol–water partition coefficient (Wildman–Crippen LogP) is 5.27. The lowest BCUT2D eigenvalue weighted by Crippen LogP contribution is -2.36. The molecule has 1 aliphatic rings. The topological polar surface area (TPSA) is 59.8 Å². The van der Waals surface area contributed by atoms with Gasteiger partial charge >= 0.3 is 0 Å². The van der Waals surface area contributed by atoms with Gasteiger partial charge in [-0.15, -0.1) is 5.10 Å². The highest BCUT2D eigenvalue weighted by Crippen LogP contribution is 2.26. The molecule has 0 atom stereocenters. The monoisotopic (exact) mass is 408 g/mol. The van der Waals surface area contributed by atoms with Gasteiger partial charge in [-0.2, -0.15) is 0 Å². The summed E-state index contributed by atoms with van der Waals surface area (Å²) < 4.78 is 1.75. The molecule has 0 radical (unpaired) electrons. The van der Waals surface area contributed by atoms with Crippen molar-refractivity contribution in [3.8, 4) is 17.1 Å². The van der Waals surface area contributed by atoms with Crippen LogP contribution in [0.25, 0.3) is 17.1 Å². The van der Waals surface area contributed by atoms with E-state index in [1.54, 1.807) is 4.68 Å². The smallest absolute Gasteiger partial charge is 0.291 e. The van der Waals surface area contributed by atoms with Gasteiger partial charge in [-0.25, -0.2) is 9.67 Å². The number of carbonyl (C=O) groups excluding carboxylic acids is 1. The third-order valence-electron chi connectivity index (χ3n) is 5.41. The number of nitrogens with one attached hydrogen (secondary N) is 1. The summed E-state index contributed by atoms with van der Waals surface area (Å²) in [6.45, 7) is 4.09. The van der Waals surface area contributed by atoms with Crippen molar-refractivity contribution in [3.05, 3.63) is 64.4 Å². The van der Waals surface area contributed by atoms with Crippen molar-refractivity contribution in [1.82, 2.24) is 20.1 Å². The molecule has 2 aromatic carbocycles. The second-order valence-electron chi connectivity index (χ2n) is 7.78. The molecule has 0 spiro atoms. The molecule has 1 heterocycles. The molecule has 1 N–H and O–H groups in total. The second-order valence-corrected chi connectivity index (χ2v) is 8.22. The Kier molecular flexibility index (Phi) is 5.67. The Morgan fingerprint density at radius 3 is 2.62 bits per heavy atom. The van der Waals surface area contributed by atoms with Crippen molar-refractivity contribution < 1.29 is 4.79 Å². The zero-order chi connectivity index (χ0) is 20.4. The Hall–Kier alpha value is -2.66.